The zero-order valence-electron chi connectivity index (χ0n) is 7.39. The van der Waals surface area contributed by atoms with Gasteiger partial charge in [0.25, 0.3) is 5.91 Å². The fourth-order valence-corrected chi connectivity index (χ4v) is 1.52. The van der Waals surface area contributed by atoms with Crippen LogP contribution >= 0.6 is 34.2 Å². The molecule has 0 heterocycles. The maximum Gasteiger partial charge on any atom is 0.251 e. The first kappa shape index (κ1) is 11.5. The van der Waals surface area contributed by atoms with Gasteiger partial charge in [-0.1, -0.05) is 24.2 Å². The number of rotatable bonds is 3. The molecule has 0 saturated heterocycles. The second kappa shape index (κ2) is 5.36. The molecule has 1 N–H and O–H groups in total. The molecule has 2 nitrogen and oxygen atoms in total. The first-order valence-electron chi connectivity index (χ1n) is 3.96. The van der Waals surface area contributed by atoms with Crippen LogP contribution in [0.5, 0.6) is 0 Å². The maximum absolute atomic E-state index is 11.5. The first-order chi connectivity index (χ1) is 6.59. The Morgan fingerprint density at radius 3 is 2.86 bits per heavy atom. The fourth-order valence-electron chi connectivity index (χ4n) is 0.908. The molecule has 0 spiro atoms. The number of carbonyl (C=O) groups excluding carboxylic acids is 1. The van der Waals surface area contributed by atoms with Gasteiger partial charge in [-0.25, -0.2) is 0 Å². The van der Waals surface area contributed by atoms with Gasteiger partial charge >= 0.3 is 0 Å². The number of amides is 1. The van der Waals surface area contributed by atoms with E-state index in [9.17, 15) is 4.79 Å². The van der Waals surface area contributed by atoms with Crippen LogP contribution in [0.3, 0.4) is 0 Å². The predicted molar refractivity (Wildman–Crippen MR) is 66.5 cm³/mol. The second-order valence-corrected chi connectivity index (χ2v) is 4.49. The van der Waals surface area contributed by atoms with E-state index in [2.05, 4.69) is 34.5 Å². The van der Waals surface area contributed by atoms with Gasteiger partial charge in [0.15, 0.2) is 0 Å². The largest absolute Gasteiger partial charge is 0.347 e. The second-order valence-electron chi connectivity index (χ2n) is 2.71. The fraction of sp³-hybridized carbons (Fsp3) is 0.100. The van der Waals surface area contributed by atoms with Crippen LogP contribution in [0, 0.1) is 3.57 Å². The zero-order chi connectivity index (χ0) is 10.6. The summed E-state index contributed by atoms with van der Waals surface area (Å²) < 4.78 is 1.03. The van der Waals surface area contributed by atoms with Crippen molar-refractivity contribution in [3.63, 3.8) is 0 Å². The van der Waals surface area contributed by atoms with Crippen LogP contribution in [-0.2, 0) is 0 Å². The minimum atomic E-state index is -0.134. The van der Waals surface area contributed by atoms with E-state index >= 15 is 0 Å². The molecule has 1 rings (SSSR count). The van der Waals surface area contributed by atoms with Crippen molar-refractivity contribution in [2.45, 2.75) is 0 Å². The summed E-state index contributed by atoms with van der Waals surface area (Å²) in [4.78, 5) is 11.5. The molecule has 0 atom stereocenters. The van der Waals surface area contributed by atoms with Crippen molar-refractivity contribution in [1.29, 1.82) is 0 Å². The van der Waals surface area contributed by atoms with Gasteiger partial charge in [0.2, 0.25) is 0 Å². The molecule has 1 aromatic carbocycles. The van der Waals surface area contributed by atoms with Crippen molar-refractivity contribution in [3.8, 4) is 0 Å². The Morgan fingerprint density at radius 2 is 2.29 bits per heavy atom. The Hall–Kier alpha value is -0.550. The van der Waals surface area contributed by atoms with Gasteiger partial charge in [0.05, 0.1) is 6.54 Å². The third kappa shape index (κ3) is 3.67. The van der Waals surface area contributed by atoms with Gasteiger partial charge in [0, 0.05) is 14.2 Å². The van der Waals surface area contributed by atoms with Crippen LogP contribution < -0.4 is 5.32 Å². The number of carbonyl (C=O) groups is 1. The summed E-state index contributed by atoms with van der Waals surface area (Å²) in [6.07, 6.45) is 0. The Balaban J connectivity index is 2.65. The molecule has 0 aromatic heterocycles. The van der Waals surface area contributed by atoms with E-state index in [0.717, 1.165) is 3.57 Å². The van der Waals surface area contributed by atoms with Crippen LogP contribution in [0.2, 0.25) is 0 Å². The number of benzene rings is 1. The molecular formula is C10H9ClINO. The molecule has 74 valence electrons. The molecule has 0 bridgehead atoms. The standard InChI is InChI=1S/C10H9ClINO/c1-7(11)6-13-10(14)8-3-2-4-9(12)5-8/h2-5H,1,6H2,(H,13,14). The van der Waals surface area contributed by atoms with Crippen LogP contribution in [-0.4, -0.2) is 12.5 Å². The number of hydrogen-bond acceptors (Lipinski definition) is 1. The monoisotopic (exact) mass is 321 g/mol. The van der Waals surface area contributed by atoms with Gasteiger partial charge in [-0.3, -0.25) is 4.79 Å². The van der Waals surface area contributed by atoms with E-state index in [1.807, 2.05) is 18.2 Å². The van der Waals surface area contributed by atoms with Crippen LogP contribution in [0.15, 0.2) is 35.9 Å². The molecule has 0 radical (unpaired) electrons. The predicted octanol–water partition coefficient (Wildman–Crippen LogP) is 2.77. The molecule has 0 aliphatic rings. The van der Waals surface area contributed by atoms with E-state index in [4.69, 9.17) is 11.6 Å². The zero-order valence-corrected chi connectivity index (χ0v) is 10.3. The lowest BCUT2D eigenvalue weighted by Crippen LogP contribution is -2.24. The molecule has 1 aromatic rings. The summed E-state index contributed by atoms with van der Waals surface area (Å²) >= 11 is 7.69. The Kier molecular flexibility index (Phi) is 4.41. The summed E-state index contributed by atoms with van der Waals surface area (Å²) in [5.41, 5.74) is 0.634. The minimum Gasteiger partial charge on any atom is -0.347 e. The van der Waals surface area contributed by atoms with E-state index in [1.165, 1.54) is 0 Å². The number of halogens is 2. The first-order valence-corrected chi connectivity index (χ1v) is 5.42. The lowest BCUT2D eigenvalue weighted by Gasteiger charge is -2.03. The topological polar surface area (TPSA) is 29.1 Å². The smallest absolute Gasteiger partial charge is 0.251 e. The highest BCUT2D eigenvalue weighted by Gasteiger charge is 2.04. The Labute approximate surface area is 101 Å². The molecule has 0 unspecified atom stereocenters. The SMILES string of the molecule is C=C(Cl)CNC(=O)c1cccc(I)c1. The van der Waals surface area contributed by atoms with Crippen molar-refractivity contribution >= 4 is 40.1 Å². The summed E-state index contributed by atoms with van der Waals surface area (Å²) in [5.74, 6) is -0.134. The summed E-state index contributed by atoms with van der Waals surface area (Å²) in [6, 6.07) is 7.34. The van der Waals surface area contributed by atoms with Gasteiger partial charge < -0.3 is 5.32 Å². The molecule has 0 fully saturated rings. The van der Waals surface area contributed by atoms with Crippen molar-refractivity contribution in [2.24, 2.45) is 0 Å². The summed E-state index contributed by atoms with van der Waals surface area (Å²) in [7, 11) is 0. The summed E-state index contributed by atoms with van der Waals surface area (Å²) in [6.45, 7) is 3.79. The average molecular weight is 322 g/mol. The molecule has 14 heavy (non-hydrogen) atoms. The lowest BCUT2D eigenvalue weighted by atomic mass is 10.2. The van der Waals surface area contributed by atoms with Crippen LogP contribution in [0.1, 0.15) is 10.4 Å². The highest BCUT2D eigenvalue weighted by molar-refractivity contribution is 14.1. The minimum absolute atomic E-state index is 0.134. The van der Waals surface area contributed by atoms with Gasteiger partial charge in [-0.2, -0.15) is 0 Å². The van der Waals surface area contributed by atoms with E-state index in [-0.39, 0.29) is 5.91 Å². The van der Waals surface area contributed by atoms with Crippen LogP contribution in [0.4, 0.5) is 0 Å². The van der Waals surface area contributed by atoms with Crippen molar-refractivity contribution in [2.75, 3.05) is 6.54 Å². The third-order valence-corrected chi connectivity index (χ3v) is 2.33. The summed E-state index contributed by atoms with van der Waals surface area (Å²) in [5, 5.41) is 3.07. The van der Waals surface area contributed by atoms with Gasteiger partial charge in [-0.15, -0.1) is 0 Å². The quantitative estimate of drug-likeness (QED) is 0.852. The molecule has 0 saturated carbocycles. The number of nitrogens with one attached hydrogen (secondary N) is 1. The van der Waals surface area contributed by atoms with Crippen molar-refractivity contribution < 1.29 is 4.79 Å². The molecule has 4 heteroatoms. The highest BCUT2D eigenvalue weighted by atomic mass is 127. The van der Waals surface area contributed by atoms with E-state index in [1.54, 1.807) is 6.07 Å². The third-order valence-electron chi connectivity index (χ3n) is 1.53. The molecule has 1 amide bonds. The number of hydrogen-bond donors (Lipinski definition) is 1. The normalized spacial score (nSPS) is 9.57. The molecule has 0 aliphatic carbocycles. The van der Waals surface area contributed by atoms with E-state index in [0.29, 0.717) is 17.1 Å². The highest BCUT2D eigenvalue weighted by Crippen LogP contribution is 2.07. The van der Waals surface area contributed by atoms with Crippen LogP contribution in [0.25, 0.3) is 0 Å². The average Bonchev–Trinajstić information content (AvgIpc) is 2.14. The van der Waals surface area contributed by atoms with E-state index < -0.39 is 0 Å². The molecule has 0 aliphatic heterocycles. The van der Waals surface area contributed by atoms with Crippen molar-refractivity contribution in [3.05, 3.63) is 45.0 Å². The molecular weight excluding hydrogens is 312 g/mol. The van der Waals surface area contributed by atoms with Crippen molar-refractivity contribution in [1.82, 2.24) is 5.32 Å². The van der Waals surface area contributed by atoms with Gasteiger partial charge in [0.1, 0.15) is 0 Å². The van der Waals surface area contributed by atoms with Gasteiger partial charge in [-0.05, 0) is 40.8 Å². The Morgan fingerprint density at radius 1 is 1.57 bits per heavy atom. The Bertz CT molecular complexity index is 365. The lowest BCUT2D eigenvalue weighted by molar-refractivity contribution is 0.0957. The maximum atomic E-state index is 11.5.